The second-order valence-electron chi connectivity index (χ2n) is 4.48. The van der Waals surface area contributed by atoms with Crippen LogP contribution in [0.3, 0.4) is 0 Å². The molecule has 0 saturated heterocycles. The van der Waals surface area contributed by atoms with Gasteiger partial charge >= 0.3 is 0 Å². The highest BCUT2D eigenvalue weighted by Crippen LogP contribution is 2.22. The lowest BCUT2D eigenvalue weighted by Crippen LogP contribution is -2.25. The first-order valence-corrected chi connectivity index (χ1v) is 7.63. The van der Waals surface area contributed by atoms with Crippen LogP contribution < -0.4 is 0 Å². The Morgan fingerprint density at radius 2 is 1.60 bits per heavy atom. The number of benzene rings is 1. The summed E-state index contributed by atoms with van der Waals surface area (Å²) < 4.78 is 0. The Balaban J connectivity index is 0.000000172. The van der Waals surface area contributed by atoms with E-state index in [2.05, 4.69) is 36.6 Å². The summed E-state index contributed by atoms with van der Waals surface area (Å²) in [5.41, 5.74) is 1.54. The third kappa shape index (κ3) is 6.50. The van der Waals surface area contributed by atoms with E-state index in [0.29, 0.717) is 0 Å². The van der Waals surface area contributed by atoms with Gasteiger partial charge in [0, 0.05) is 18.0 Å². The van der Waals surface area contributed by atoms with Gasteiger partial charge in [-0.2, -0.15) is 0 Å². The second kappa shape index (κ2) is 10.2. The van der Waals surface area contributed by atoms with Gasteiger partial charge in [0.05, 0.1) is 0 Å². The largest absolute Gasteiger partial charge is 0.302 e. The van der Waals surface area contributed by atoms with Gasteiger partial charge in [-0.1, -0.05) is 61.7 Å². The van der Waals surface area contributed by atoms with Crippen LogP contribution in [0.4, 0.5) is 0 Å². The van der Waals surface area contributed by atoms with E-state index in [1.54, 1.807) is 22.6 Å². The summed E-state index contributed by atoms with van der Waals surface area (Å²) >= 11 is 1.90. The lowest BCUT2D eigenvalue weighted by Gasteiger charge is -2.21. The maximum Gasteiger partial charge on any atom is 0.0241 e. The highest BCUT2D eigenvalue weighted by molar-refractivity contribution is 7.10. The molecule has 1 aliphatic rings. The molecule has 2 aromatic rings. The van der Waals surface area contributed by atoms with E-state index in [1.807, 2.05) is 47.7 Å². The monoisotopic (exact) mass is 285 g/mol. The molecule has 0 aliphatic carbocycles. The molecule has 0 N–H and O–H groups in total. The molecule has 106 valence electrons. The molecule has 1 aromatic carbocycles. The zero-order valence-electron chi connectivity index (χ0n) is 12.2. The summed E-state index contributed by atoms with van der Waals surface area (Å²) in [5, 5.41) is 2.20. The molecule has 0 fully saturated rings. The van der Waals surface area contributed by atoms with E-state index < -0.39 is 0 Å². The zero-order chi connectivity index (χ0) is 14.6. The fourth-order valence-electron chi connectivity index (χ4n) is 1.77. The molecular formula is C18H23NS. The van der Waals surface area contributed by atoms with Gasteiger partial charge in [0.1, 0.15) is 0 Å². The highest BCUT2D eigenvalue weighted by Gasteiger charge is 2.12. The van der Waals surface area contributed by atoms with E-state index in [-0.39, 0.29) is 0 Å². The smallest absolute Gasteiger partial charge is 0.0241 e. The van der Waals surface area contributed by atoms with E-state index in [1.165, 1.54) is 13.0 Å². The summed E-state index contributed by atoms with van der Waals surface area (Å²) in [6, 6.07) is 14.2. The Bertz CT molecular complexity index is 454. The lowest BCUT2D eigenvalue weighted by atomic mass is 10.1. The normalized spacial score (nSPS) is 12.8. The molecule has 20 heavy (non-hydrogen) atoms. The van der Waals surface area contributed by atoms with Gasteiger partial charge in [0.15, 0.2) is 0 Å². The molecule has 0 saturated carbocycles. The van der Waals surface area contributed by atoms with E-state index in [4.69, 9.17) is 0 Å². The van der Waals surface area contributed by atoms with Crippen molar-refractivity contribution in [3.05, 3.63) is 83.6 Å². The Morgan fingerprint density at radius 3 is 2.10 bits per heavy atom. The van der Waals surface area contributed by atoms with Crippen molar-refractivity contribution in [1.29, 1.82) is 0 Å². The van der Waals surface area contributed by atoms with Crippen LogP contribution in [-0.2, 0) is 13.0 Å². The van der Waals surface area contributed by atoms with Gasteiger partial charge in [-0.25, -0.2) is 0 Å². The minimum absolute atomic E-state index is 1.15. The van der Waals surface area contributed by atoms with E-state index in [9.17, 15) is 0 Å². The molecule has 0 spiro atoms. The summed E-state index contributed by atoms with van der Waals surface area (Å²) in [7, 11) is 2.18. The van der Waals surface area contributed by atoms with Crippen molar-refractivity contribution >= 4 is 11.3 Å². The van der Waals surface area contributed by atoms with Gasteiger partial charge in [-0.3, -0.25) is 0 Å². The van der Waals surface area contributed by atoms with Crippen molar-refractivity contribution in [2.24, 2.45) is 0 Å². The van der Waals surface area contributed by atoms with Crippen molar-refractivity contribution in [2.45, 2.75) is 13.0 Å². The van der Waals surface area contributed by atoms with Crippen molar-refractivity contribution in [2.75, 3.05) is 13.6 Å². The van der Waals surface area contributed by atoms with Gasteiger partial charge in [-0.15, -0.1) is 11.3 Å². The van der Waals surface area contributed by atoms with Crippen molar-refractivity contribution in [3.8, 4) is 0 Å². The van der Waals surface area contributed by atoms with Crippen molar-refractivity contribution < 1.29 is 0 Å². The third-order valence-corrected chi connectivity index (χ3v) is 3.85. The molecule has 1 aromatic heterocycles. The van der Waals surface area contributed by atoms with E-state index >= 15 is 0 Å². The van der Waals surface area contributed by atoms with Gasteiger partial charge in [-0.05, 0) is 30.5 Å². The topological polar surface area (TPSA) is 3.24 Å². The van der Waals surface area contributed by atoms with Crippen LogP contribution in [0.1, 0.15) is 10.4 Å². The zero-order valence-corrected chi connectivity index (χ0v) is 13.0. The SMILES string of the molecule is C=CC=C.CN1CCc2sccc2C1.c1ccccc1. The Hall–Kier alpha value is -1.64. The van der Waals surface area contributed by atoms with Crippen LogP contribution in [-0.4, -0.2) is 18.5 Å². The number of likely N-dealkylation sites (N-methyl/N-ethyl adjacent to an activating group) is 1. The maximum absolute atomic E-state index is 3.36. The first-order valence-electron chi connectivity index (χ1n) is 6.75. The molecule has 1 nitrogen and oxygen atoms in total. The minimum atomic E-state index is 1.15. The summed E-state index contributed by atoms with van der Waals surface area (Å²) in [6.45, 7) is 9.10. The predicted octanol–water partition coefficient (Wildman–Crippen LogP) is 4.78. The molecule has 0 radical (unpaired) electrons. The van der Waals surface area contributed by atoms with Crippen molar-refractivity contribution in [3.63, 3.8) is 0 Å². The minimum Gasteiger partial charge on any atom is -0.302 e. The fourth-order valence-corrected chi connectivity index (χ4v) is 2.66. The van der Waals surface area contributed by atoms with Gasteiger partial charge < -0.3 is 4.90 Å². The summed E-state index contributed by atoms with van der Waals surface area (Å²) in [6.07, 6.45) is 4.53. The van der Waals surface area contributed by atoms with Gasteiger partial charge in [0.25, 0.3) is 0 Å². The van der Waals surface area contributed by atoms with Crippen LogP contribution >= 0.6 is 11.3 Å². The second-order valence-corrected chi connectivity index (χ2v) is 5.48. The molecular weight excluding hydrogens is 262 g/mol. The molecule has 3 rings (SSSR count). The Kier molecular flexibility index (Phi) is 8.36. The Labute approximate surface area is 126 Å². The van der Waals surface area contributed by atoms with Crippen LogP contribution in [0, 0.1) is 0 Å². The number of hydrogen-bond acceptors (Lipinski definition) is 2. The fraction of sp³-hybridized carbons (Fsp3) is 0.222. The van der Waals surface area contributed by atoms with Crippen LogP contribution in [0.15, 0.2) is 73.2 Å². The van der Waals surface area contributed by atoms with E-state index in [0.717, 1.165) is 6.54 Å². The van der Waals surface area contributed by atoms with Crippen LogP contribution in [0.5, 0.6) is 0 Å². The number of rotatable bonds is 1. The number of fused-ring (bicyclic) bond motifs is 1. The Morgan fingerprint density at radius 1 is 1.05 bits per heavy atom. The maximum atomic E-state index is 3.36. The molecule has 1 aliphatic heterocycles. The van der Waals surface area contributed by atoms with Crippen molar-refractivity contribution in [1.82, 2.24) is 4.90 Å². The molecule has 0 unspecified atom stereocenters. The number of hydrogen-bond donors (Lipinski definition) is 0. The van der Waals surface area contributed by atoms with Crippen LogP contribution in [0.2, 0.25) is 0 Å². The molecule has 0 bridgehead atoms. The molecule has 0 atom stereocenters. The standard InChI is InChI=1S/C8H11NS.C6H6.C4H6/c1-9-4-2-8-7(6-9)3-5-10-8;1-2-4-6-5-3-1;1-3-4-2/h3,5H,2,4,6H2,1H3;1-6H;3-4H,1-2H2. The quantitative estimate of drug-likeness (QED) is 0.681. The summed E-state index contributed by atoms with van der Waals surface area (Å²) in [4.78, 5) is 3.97. The van der Waals surface area contributed by atoms with Crippen LogP contribution in [0.25, 0.3) is 0 Å². The number of thiophene rings is 1. The first-order chi connectivity index (χ1) is 9.77. The highest BCUT2D eigenvalue weighted by atomic mass is 32.1. The number of allylic oxidation sites excluding steroid dienone is 2. The van der Waals surface area contributed by atoms with Gasteiger partial charge in [0.2, 0.25) is 0 Å². The first kappa shape index (κ1) is 16.4. The summed E-state index contributed by atoms with van der Waals surface area (Å²) in [5.74, 6) is 0. The molecule has 0 amide bonds. The lowest BCUT2D eigenvalue weighted by molar-refractivity contribution is 0.315. The molecule has 2 heterocycles. The average Bonchev–Trinajstić information content (AvgIpc) is 2.97. The predicted molar refractivity (Wildman–Crippen MR) is 91.2 cm³/mol. The average molecular weight is 285 g/mol. The molecule has 2 heteroatoms. The third-order valence-electron chi connectivity index (χ3n) is 2.83. The number of nitrogens with zero attached hydrogens (tertiary/aromatic N) is 1.